The van der Waals surface area contributed by atoms with Gasteiger partial charge in [0, 0.05) is 0 Å². The van der Waals surface area contributed by atoms with Crippen LogP contribution in [0.4, 0.5) is 0 Å². The molecule has 2 aromatic carbocycles. The van der Waals surface area contributed by atoms with E-state index in [-0.39, 0.29) is 17.4 Å². The van der Waals surface area contributed by atoms with Gasteiger partial charge in [0.1, 0.15) is 0 Å². The quantitative estimate of drug-likeness (QED) is 0.698. The zero-order chi connectivity index (χ0) is 18.8. The summed E-state index contributed by atoms with van der Waals surface area (Å²) >= 11 is 0. The Morgan fingerprint density at radius 3 is 2.23 bits per heavy atom. The maximum Gasteiger partial charge on any atom is 0.0684 e. The lowest BCUT2D eigenvalue weighted by Crippen LogP contribution is -2.33. The molecule has 0 amide bonds. The van der Waals surface area contributed by atoms with E-state index in [9.17, 15) is 5.11 Å². The van der Waals surface area contributed by atoms with Crippen LogP contribution in [0.1, 0.15) is 69.2 Å². The Labute approximate surface area is 158 Å². The standard InChI is InChI=1S/C25H32O/c1-24(2)15-16-25(3,4)23-17-19(13-14-22(23)24)9-8-12-21(18-26)20-10-6-5-7-11-20/h5-7,10-14,17,26H,8-9,15-16,18H2,1-4H3. The second kappa shape index (κ2) is 7.40. The molecule has 1 nitrogen and oxygen atoms in total. The number of aliphatic hydroxyl groups excluding tert-OH is 1. The molecule has 0 spiro atoms. The predicted octanol–water partition coefficient (Wildman–Crippen LogP) is 6.04. The second-order valence-corrected chi connectivity index (χ2v) is 8.94. The molecule has 0 heterocycles. The fraction of sp³-hybridized carbons (Fsp3) is 0.440. The van der Waals surface area contributed by atoms with E-state index in [1.54, 1.807) is 0 Å². The van der Waals surface area contributed by atoms with Crippen LogP contribution in [0.2, 0.25) is 0 Å². The first-order valence-corrected chi connectivity index (χ1v) is 9.83. The number of hydrogen-bond acceptors (Lipinski definition) is 1. The monoisotopic (exact) mass is 348 g/mol. The van der Waals surface area contributed by atoms with Crippen LogP contribution in [0, 0.1) is 0 Å². The highest BCUT2D eigenvalue weighted by Crippen LogP contribution is 2.45. The van der Waals surface area contributed by atoms with E-state index in [1.807, 2.05) is 18.2 Å². The van der Waals surface area contributed by atoms with Gasteiger partial charge in [0.2, 0.25) is 0 Å². The highest BCUT2D eigenvalue weighted by Gasteiger charge is 2.36. The molecule has 0 radical (unpaired) electrons. The van der Waals surface area contributed by atoms with Crippen molar-refractivity contribution in [2.45, 2.75) is 64.2 Å². The fourth-order valence-electron chi connectivity index (χ4n) is 4.13. The van der Waals surface area contributed by atoms with Crippen LogP contribution >= 0.6 is 0 Å². The Hall–Kier alpha value is -1.86. The number of allylic oxidation sites excluding steroid dienone is 1. The zero-order valence-corrected chi connectivity index (χ0v) is 16.7. The van der Waals surface area contributed by atoms with Gasteiger partial charge in [-0.2, -0.15) is 0 Å². The summed E-state index contributed by atoms with van der Waals surface area (Å²) in [5.74, 6) is 0. The third kappa shape index (κ3) is 3.94. The van der Waals surface area contributed by atoms with E-state index in [1.165, 1.54) is 29.5 Å². The van der Waals surface area contributed by atoms with Crippen LogP contribution in [0.5, 0.6) is 0 Å². The summed E-state index contributed by atoms with van der Waals surface area (Å²) in [6.45, 7) is 9.59. The highest BCUT2D eigenvalue weighted by molar-refractivity contribution is 5.66. The van der Waals surface area contributed by atoms with Crippen molar-refractivity contribution in [3.63, 3.8) is 0 Å². The van der Waals surface area contributed by atoms with Crippen LogP contribution in [-0.2, 0) is 17.3 Å². The third-order valence-electron chi connectivity index (χ3n) is 6.06. The zero-order valence-electron chi connectivity index (χ0n) is 16.7. The molecule has 1 N–H and O–H groups in total. The molecule has 0 aromatic heterocycles. The maximum atomic E-state index is 9.69. The van der Waals surface area contributed by atoms with Crippen LogP contribution in [0.25, 0.3) is 5.57 Å². The van der Waals surface area contributed by atoms with Gasteiger partial charge in [-0.3, -0.25) is 0 Å². The molecule has 1 aliphatic carbocycles. The normalized spacial score (nSPS) is 18.4. The summed E-state index contributed by atoms with van der Waals surface area (Å²) in [6, 6.07) is 17.3. The van der Waals surface area contributed by atoms with Gasteiger partial charge in [-0.25, -0.2) is 0 Å². The van der Waals surface area contributed by atoms with Gasteiger partial charge in [-0.05, 0) is 64.3 Å². The second-order valence-electron chi connectivity index (χ2n) is 8.94. The van der Waals surface area contributed by atoms with Gasteiger partial charge in [0.15, 0.2) is 0 Å². The maximum absolute atomic E-state index is 9.69. The average Bonchev–Trinajstić information content (AvgIpc) is 2.63. The first kappa shape index (κ1) is 18.9. The molecule has 0 bridgehead atoms. The van der Waals surface area contributed by atoms with Gasteiger partial charge in [0.05, 0.1) is 6.61 Å². The summed E-state index contributed by atoms with van der Waals surface area (Å²) in [7, 11) is 0. The van der Waals surface area contributed by atoms with Crippen molar-refractivity contribution < 1.29 is 5.11 Å². The Balaban J connectivity index is 1.78. The SMILES string of the molecule is CC1(C)CCC(C)(C)c2cc(CCC=C(CO)c3ccccc3)ccc21. The molecular formula is C25H32O. The number of benzene rings is 2. The summed E-state index contributed by atoms with van der Waals surface area (Å²) in [4.78, 5) is 0. The predicted molar refractivity (Wildman–Crippen MR) is 112 cm³/mol. The molecule has 0 aliphatic heterocycles. The first-order chi connectivity index (χ1) is 12.3. The largest absolute Gasteiger partial charge is 0.392 e. The molecule has 0 fully saturated rings. The molecule has 26 heavy (non-hydrogen) atoms. The molecule has 0 saturated heterocycles. The summed E-state index contributed by atoms with van der Waals surface area (Å²) in [5.41, 5.74) is 7.12. The molecule has 0 atom stereocenters. The van der Waals surface area contributed by atoms with Crippen molar-refractivity contribution in [1.29, 1.82) is 0 Å². The number of hydrogen-bond donors (Lipinski definition) is 1. The van der Waals surface area contributed by atoms with E-state index >= 15 is 0 Å². The van der Waals surface area contributed by atoms with Gasteiger partial charge in [0.25, 0.3) is 0 Å². The van der Waals surface area contributed by atoms with Crippen molar-refractivity contribution >= 4 is 5.57 Å². The highest BCUT2D eigenvalue weighted by atomic mass is 16.3. The Morgan fingerprint density at radius 1 is 0.923 bits per heavy atom. The summed E-state index contributed by atoms with van der Waals surface area (Å²) in [6.07, 6.45) is 6.66. The van der Waals surface area contributed by atoms with Gasteiger partial charge in [-0.15, -0.1) is 0 Å². The molecule has 0 unspecified atom stereocenters. The lowest BCUT2D eigenvalue weighted by atomic mass is 9.63. The van der Waals surface area contributed by atoms with Gasteiger partial charge < -0.3 is 5.11 Å². The fourth-order valence-corrected chi connectivity index (χ4v) is 4.13. The molecule has 138 valence electrons. The van der Waals surface area contributed by atoms with Crippen LogP contribution in [-0.4, -0.2) is 11.7 Å². The molecule has 3 rings (SSSR count). The number of rotatable bonds is 5. The smallest absolute Gasteiger partial charge is 0.0684 e. The Morgan fingerprint density at radius 2 is 1.58 bits per heavy atom. The third-order valence-corrected chi connectivity index (χ3v) is 6.06. The lowest BCUT2D eigenvalue weighted by molar-refractivity contribution is 0.331. The topological polar surface area (TPSA) is 20.2 Å². The summed E-state index contributed by atoms with van der Waals surface area (Å²) < 4.78 is 0. The molecular weight excluding hydrogens is 316 g/mol. The van der Waals surface area contributed by atoms with E-state index < -0.39 is 0 Å². The summed E-state index contributed by atoms with van der Waals surface area (Å²) in [5, 5.41) is 9.69. The lowest BCUT2D eigenvalue weighted by Gasteiger charge is -2.42. The van der Waals surface area contributed by atoms with Crippen LogP contribution in [0.3, 0.4) is 0 Å². The van der Waals surface area contributed by atoms with Crippen molar-refractivity contribution in [1.82, 2.24) is 0 Å². The minimum atomic E-state index is 0.0927. The van der Waals surface area contributed by atoms with Crippen molar-refractivity contribution in [2.75, 3.05) is 6.61 Å². The first-order valence-electron chi connectivity index (χ1n) is 9.83. The van der Waals surface area contributed by atoms with Crippen LogP contribution < -0.4 is 0 Å². The Bertz CT molecular complexity index is 781. The number of fused-ring (bicyclic) bond motifs is 1. The van der Waals surface area contributed by atoms with E-state index in [0.717, 1.165) is 24.0 Å². The minimum Gasteiger partial charge on any atom is -0.392 e. The van der Waals surface area contributed by atoms with Gasteiger partial charge >= 0.3 is 0 Å². The van der Waals surface area contributed by atoms with Crippen molar-refractivity contribution in [3.05, 3.63) is 76.9 Å². The minimum absolute atomic E-state index is 0.0927. The van der Waals surface area contributed by atoms with E-state index in [2.05, 4.69) is 64.1 Å². The Kier molecular flexibility index (Phi) is 5.39. The van der Waals surface area contributed by atoms with Crippen molar-refractivity contribution in [2.24, 2.45) is 0 Å². The molecule has 2 aromatic rings. The van der Waals surface area contributed by atoms with E-state index in [0.29, 0.717) is 0 Å². The molecule has 0 saturated carbocycles. The van der Waals surface area contributed by atoms with Crippen molar-refractivity contribution in [3.8, 4) is 0 Å². The number of aryl methyl sites for hydroxylation is 1. The van der Waals surface area contributed by atoms with Crippen LogP contribution in [0.15, 0.2) is 54.6 Å². The van der Waals surface area contributed by atoms with Gasteiger partial charge in [-0.1, -0.05) is 82.3 Å². The number of aliphatic hydroxyl groups is 1. The average molecular weight is 349 g/mol. The molecule has 1 heteroatoms. The van der Waals surface area contributed by atoms with E-state index in [4.69, 9.17) is 0 Å². The molecule has 1 aliphatic rings.